The van der Waals surface area contributed by atoms with Gasteiger partial charge in [0.25, 0.3) is 0 Å². The molecule has 1 N–H and O–H groups in total. The van der Waals surface area contributed by atoms with E-state index in [2.05, 4.69) is 5.32 Å². The fraction of sp³-hybridized carbons (Fsp3) is 0.481. The van der Waals surface area contributed by atoms with E-state index in [0.29, 0.717) is 6.42 Å². The topological polar surface area (TPSA) is 90.0 Å². The molecule has 8 nitrogen and oxygen atoms in total. The van der Waals surface area contributed by atoms with Gasteiger partial charge in [-0.1, -0.05) is 56.2 Å². The molecule has 1 atom stereocenters. The second-order valence-electron chi connectivity index (χ2n) is 9.61. The molecule has 0 unspecified atom stereocenters. The van der Waals surface area contributed by atoms with Gasteiger partial charge < -0.3 is 10.2 Å². The summed E-state index contributed by atoms with van der Waals surface area (Å²) < 4.78 is 42.8. The molecule has 0 spiro atoms. The van der Waals surface area contributed by atoms with Crippen molar-refractivity contribution in [2.45, 2.75) is 64.6 Å². The highest BCUT2D eigenvalue weighted by Crippen LogP contribution is 2.25. The molecule has 1 aliphatic rings. The number of amides is 2. The lowest BCUT2D eigenvalue weighted by Gasteiger charge is -2.34. The highest BCUT2D eigenvalue weighted by atomic mass is 32.2. The Morgan fingerprint density at radius 1 is 1.05 bits per heavy atom. The Bertz CT molecular complexity index is 1200. The molecule has 1 fully saturated rings. The van der Waals surface area contributed by atoms with Crippen molar-refractivity contribution in [3.05, 3.63) is 65.5 Å². The minimum atomic E-state index is -4.22. The first kappa shape index (κ1) is 28.6. The molecule has 10 heteroatoms. The van der Waals surface area contributed by atoms with Crippen LogP contribution in [0.1, 0.15) is 50.2 Å². The van der Waals surface area contributed by atoms with Crippen LogP contribution in [0.15, 0.2) is 48.5 Å². The van der Waals surface area contributed by atoms with E-state index < -0.39 is 34.5 Å². The van der Waals surface area contributed by atoms with Crippen LogP contribution in [0.4, 0.5) is 10.1 Å². The third-order valence-electron chi connectivity index (χ3n) is 6.83. The number of halogens is 1. The van der Waals surface area contributed by atoms with Crippen molar-refractivity contribution in [2.75, 3.05) is 24.9 Å². The van der Waals surface area contributed by atoms with Gasteiger partial charge in [-0.3, -0.25) is 9.59 Å². The molecular formula is C27H37FN4O4S. The number of hydrogen-bond acceptors (Lipinski definition) is 4. The first-order valence-electron chi connectivity index (χ1n) is 12.6. The van der Waals surface area contributed by atoms with Gasteiger partial charge in [0.1, 0.15) is 18.4 Å². The number of carbonyl (C=O) groups excluding carboxylic acids is 2. The van der Waals surface area contributed by atoms with Crippen LogP contribution in [0.5, 0.6) is 0 Å². The standard InChI is InChI=1S/C27H37FN4O4S/c1-5-24(27(34)29-22-14-8-9-15-22)31(18-21-13-7-6-12-20(21)2)26(33)19-32(37(35,36)30(3)4)25-17-11-10-16-23(25)28/h6-7,10-13,16-17,22,24H,5,8-9,14-15,18-19H2,1-4H3,(H,29,34)/t24-/m1/s1. The fourth-order valence-electron chi connectivity index (χ4n) is 4.61. The second-order valence-corrected chi connectivity index (χ2v) is 11.7. The SMILES string of the molecule is CC[C@H](C(=O)NC1CCCC1)N(Cc1ccccc1C)C(=O)CN(c1ccccc1F)S(=O)(=O)N(C)C. The summed E-state index contributed by atoms with van der Waals surface area (Å²) >= 11 is 0. The predicted molar refractivity (Wildman–Crippen MR) is 143 cm³/mol. The number of aryl methyl sites for hydroxylation is 1. The Morgan fingerprint density at radius 2 is 1.68 bits per heavy atom. The van der Waals surface area contributed by atoms with E-state index >= 15 is 0 Å². The van der Waals surface area contributed by atoms with E-state index in [9.17, 15) is 22.4 Å². The second kappa shape index (κ2) is 12.5. The first-order valence-corrected chi connectivity index (χ1v) is 14.0. The van der Waals surface area contributed by atoms with E-state index in [4.69, 9.17) is 0 Å². The molecule has 1 aliphatic carbocycles. The Labute approximate surface area is 219 Å². The van der Waals surface area contributed by atoms with Crippen molar-refractivity contribution < 1.29 is 22.4 Å². The number of benzene rings is 2. The number of hydrogen-bond donors (Lipinski definition) is 1. The van der Waals surface area contributed by atoms with Gasteiger partial charge >= 0.3 is 10.2 Å². The zero-order chi connectivity index (χ0) is 27.2. The zero-order valence-corrected chi connectivity index (χ0v) is 22.8. The molecule has 0 heterocycles. The molecule has 2 aromatic carbocycles. The number of nitrogens with one attached hydrogen (secondary N) is 1. The van der Waals surface area contributed by atoms with E-state index in [0.717, 1.165) is 51.5 Å². The molecule has 0 radical (unpaired) electrons. The lowest BCUT2D eigenvalue weighted by atomic mass is 10.1. The predicted octanol–water partition coefficient (Wildman–Crippen LogP) is 3.61. The summed E-state index contributed by atoms with van der Waals surface area (Å²) in [4.78, 5) is 28.6. The van der Waals surface area contributed by atoms with Crippen LogP contribution in [-0.4, -0.2) is 62.2 Å². The summed E-state index contributed by atoms with van der Waals surface area (Å²) in [6, 6.07) is 12.2. The first-order chi connectivity index (χ1) is 17.6. The third kappa shape index (κ3) is 6.87. The number of carbonyl (C=O) groups is 2. The van der Waals surface area contributed by atoms with Gasteiger partial charge in [0, 0.05) is 26.7 Å². The summed E-state index contributed by atoms with van der Waals surface area (Å²) in [6.07, 6.45) is 4.24. The monoisotopic (exact) mass is 532 g/mol. The minimum Gasteiger partial charge on any atom is -0.352 e. The van der Waals surface area contributed by atoms with Crippen molar-refractivity contribution >= 4 is 27.7 Å². The lowest BCUT2D eigenvalue weighted by molar-refractivity contribution is -0.140. The molecule has 2 amide bonds. The van der Waals surface area contributed by atoms with E-state index in [1.807, 2.05) is 38.1 Å². The average Bonchev–Trinajstić information content (AvgIpc) is 3.36. The Hall–Kier alpha value is -2.98. The van der Waals surface area contributed by atoms with Crippen molar-refractivity contribution in [3.8, 4) is 0 Å². The maximum atomic E-state index is 14.8. The van der Waals surface area contributed by atoms with Crippen molar-refractivity contribution in [2.24, 2.45) is 0 Å². The van der Waals surface area contributed by atoms with Gasteiger partial charge in [-0.15, -0.1) is 0 Å². The van der Waals surface area contributed by atoms with Crippen LogP contribution in [0.3, 0.4) is 0 Å². The highest BCUT2D eigenvalue weighted by molar-refractivity contribution is 7.90. The summed E-state index contributed by atoms with van der Waals surface area (Å²) in [6.45, 7) is 3.21. The largest absolute Gasteiger partial charge is 0.352 e. The van der Waals surface area contributed by atoms with Gasteiger partial charge in [-0.25, -0.2) is 8.70 Å². The zero-order valence-electron chi connectivity index (χ0n) is 22.0. The van der Waals surface area contributed by atoms with Crippen molar-refractivity contribution in [1.82, 2.24) is 14.5 Å². The lowest BCUT2D eigenvalue weighted by Crippen LogP contribution is -2.54. The summed E-state index contributed by atoms with van der Waals surface area (Å²) in [5, 5.41) is 3.08. The van der Waals surface area contributed by atoms with Gasteiger partial charge in [-0.05, 0) is 49.4 Å². The van der Waals surface area contributed by atoms with Gasteiger partial charge in [-0.2, -0.15) is 12.7 Å². The molecule has 0 bridgehead atoms. The van der Waals surface area contributed by atoms with E-state index in [1.165, 1.54) is 37.2 Å². The van der Waals surface area contributed by atoms with Crippen LogP contribution in [0.2, 0.25) is 0 Å². The summed E-state index contributed by atoms with van der Waals surface area (Å²) in [5.74, 6) is -1.62. The van der Waals surface area contributed by atoms with Crippen LogP contribution in [0, 0.1) is 12.7 Å². The van der Waals surface area contributed by atoms with Gasteiger partial charge in [0.15, 0.2) is 0 Å². The van der Waals surface area contributed by atoms with Crippen molar-refractivity contribution in [1.29, 1.82) is 0 Å². The highest BCUT2D eigenvalue weighted by Gasteiger charge is 2.35. The Balaban J connectivity index is 1.99. The molecule has 3 rings (SSSR count). The van der Waals surface area contributed by atoms with Gasteiger partial charge in [0.2, 0.25) is 11.8 Å². The normalized spacial score (nSPS) is 15.0. The minimum absolute atomic E-state index is 0.0704. The summed E-state index contributed by atoms with van der Waals surface area (Å²) in [7, 11) is -1.57. The van der Waals surface area contributed by atoms with Crippen molar-refractivity contribution in [3.63, 3.8) is 0 Å². The molecule has 0 aliphatic heterocycles. The molecule has 202 valence electrons. The van der Waals surface area contributed by atoms with E-state index in [-0.39, 0.29) is 24.2 Å². The summed E-state index contributed by atoms with van der Waals surface area (Å²) in [5.41, 5.74) is 1.55. The van der Waals surface area contributed by atoms with Crippen LogP contribution in [0.25, 0.3) is 0 Å². The molecule has 2 aromatic rings. The van der Waals surface area contributed by atoms with E-state index in [1.54, 1.807) is 0 Å². The smallest absolute Gasteiger partial charge is 0.304 e. The maximum Gasteiger partial charge on any atom is 0.304 e. The fourth-order valence-corrected chi connectivity index (χ4v) is 5.68. The number of para-hydroxylation sites is 1. The van der Waals surface area contributed by atoms with Gasteiger partial charge in [0.05, 0.1) is 5.69 Å². The number of nitrogens with zero attached hydrogens (tertiary/aromatic N) is 3. The quantitative estimate of drug-likeness (QED) is 0.479. The number of rotatable bonds is 11. The molecule has 0 saturated heterocycles. The average molecular weight is 533 g/mol. The Kier molecular flexibility index (Phi) is 9.67. The van der Waals surface area contributed by atoms with Crippen LogP contribution in [-0.2, 0) is 26.3 Å². The number of anilines is 1. The molecule has 1 saturated carbocycles. The molecule has 37 heavy (non-hydrogen) atoms. The third-order valence-corrected chi connectivity index (χ3v) is 8.64. The molecular weight excluding hydrogens is 495 g/mol. The molecule has 0 aromatic heterocycles. The van der Waals surface area contributed by atoms with Crippen LogP contribution < -0.4 is 9.62 Å². The Morgan fingerprint density at radius 3 is 2.27 bits per heavy atom. The van der Waals surface area contributed by atoms with Crippen LogP contribution >= 0.6 is 0 Å². The maximum absolute atomic E-state index is 14.8.